The van der Waals surface area contributed by atoms with Gasteiger partial charge in [0.15, 0.2) is 0 Å². The van der Waals surface area contributed by atoms with Gasteiger partial charge in [-0.05, 0) is 18.8 Å². The molecule has 0 aromatic carbocycles. The van der Waals surface area contributed by atoms with Crippen LogP contribution in [0, 0.1) is 5.92 Å². The third-order valence-corrected chi connectivity index (χ3v) is 5.12. The molecule has 0 aliphatic heterocycles. The van der Waals surface area contributed by atoms with E-state index in [2.05, 4.69) is 20.1 Å². The van der Waals surface area contributed by atoms with Gasteiger partial charge >= 0.3 is 5.69 Å². The Kier molecular flexibility index (Phi) is 3.98. The van der Waals surface area contributed by atoms with Crippen LogP contribution in [0.3, 0.4) is 0 Å². The monoisotopic (exact) mass is 356 g/mol. The predicted octanol–water partition coefficient (Wildman–Crippen LogP) is 1.43. The van der Waals surface area contributed by atoms with E-state index < -0.39 is 5.69 Å². The van der Waals surface area contributed by atoms with E-state index in [1.165, 1.54) is 6.20 Å². The van der Waals surface area contributed by atoms with Crippen LogP contribution < -0.4 is 11.4 Å². The summed E-state index contributed by atoms with van der Waals surface area (Å²) in [5.74, 6) is -0.00895. The summed E-state index contributed by atoms with van der Waals surface area (Å²) in [6, 6.07) is -0.104. The van der Waals surface area contributed by atoms with Crippen LogP contribution in [0.25, 0.3) is 22.3 Å². The molecule has 9 nitrogen and oxygen atoms in total. The second-order valence-corrected chi connectivity index (χ2v) is 6.81. The zero-order valence-electron chi connectivity index (χ0n) is 14.1. The molecule has 0 bridgehead atoms. The molecular formula is C17H20N6O3. The van der Waals surface area contributed by atoms with Crippen LogP contribution in [-0.2, 0) is 4.79 Å². The first-order chi connectivity index (χ1) is 12.5. The van der Waals surface area contributed by atoms with E-state index in [-0.39, 0.29) is 24.1 Å². The molecular weight excluding hydrogens is 336 g/mol. The van der Waals surface area contributed by atoms with Gasteiger partial charge in [0.05, 0.1) is 23.3 Å². The van der Waals surface area contributed by atoms with Crippen molar-refractivity contribution in [3.8, 4) is 17.0 Å². The lowest BCUT2D eigenvalue weighted by molar-refractivity contribution is -0.119. The predicted molar refractivity (Wildman–Crippen MR) is 94.4 cm³/mol. The van der Waals surface area contributed by atoms with Gasteiger partial charge in [-0.3, -0.25) is 9.48 Å². The van der Waals surface area contributed by atoms with Crippen molar-refractivity contribution in [3.63, 3.8) is 0 Å². The van der Waals surface area contributed by atoms with Crippen molar-refractivity contribution in [2.45, 2.75) is 38.1 Å². The summed E-state index contributed by atoms with van der Waals surface area (Å²) in [6.07, 6.45) is 9.37. The number of nitrogens with one attached hydrogen (secondary N) is 2. The van der Waals surface area contributed by atoms with Gasteiger partial charge in [-0.15, -0.1) is 0 Å². The summed E-state index contributed by atoms with van der Waals surface area (Å²) in [6.45, 7) is 0. The van der Waals surface area contributed by atoms with Gasteiger partial charge in [0.2, 0.25) is 5.91 Å². The molecule has 136 valence electrons. The highest BCUT2D eigenvalue weighted by atomic mass is 16.3. The number of hydrogen-bond donors (Lipinski definition) is 4. The Hall–Kier alpha value is -3.10. The molecule has 1 atom stereocenters. The number of hydrogen-bond acceptors (Lipinski definition) is 5. The SMILES string of the molecule is NC(=O)C[C@H](C1CCCC1)n1cc(-c2[nH]c(=O)nc3[nH]cc(O)c23)cn1. The van der Waals surface area contributed by atoms with Crippen molar-refractivity contribution < 1.29 is 9.90 Å². The Morgan fingerprint density at radius 2 is 2.19 bits per heavy atom. The van der Waals surface area contributed by atoms with E-state index in [9.17, 15) is 14.7 Å². The summed E-state index contributed by atoms with van der Waals surface area (Å²) in [4.78, 5) is 32.6. The van der Waals surface area contributed by atoms with Crippen LogP contribution in [0.5, 0.6) is 5.75 Å². The Labute approximate surface area is 148 Å². The molecule has 0 unspecified atom stereocenters. The van der Waals surface area contributed by atoms with Crippen molar-refractivity contribution in [2.24, 2.45) is 11.7 Å². The highest BCUT2D eigenvalue weighted by Gasteiger charge is 2.28. The number of H-pyrrole nitrogens is 2. The number of aromatic hydroxyl groups is 1. The van der Waals surface area contributed by atoms with E-state index in [1.54, 1.807) is 17.1 Å². The van der Waals surface area contributed by atoms with Gasteiger partial charge in [0, 0.05) is 24.4 Å². The lowest BCUT2D eigenvalue weighted by Gasteiger charge is -2.22. The first-order valence-electron chi connectivity index (χ1n) is 8.66. The van der Waals surface area contributed by atoms with Crippen LogP contribution in [0.4, 0.5) is 0 Å². The normalized spacial score (nSPS) is 16.3. The van der Waals surface area contributed by atoms with E-state index in [4.69, 9.17) is 5.73 Å². The Balaban J connectivity index is 1.76. The Morgan fingerprint density at radius 1 is 1.42 bits per heavy atom. The number of fused-ring (bicyclic) bond motifs is 1. The topological polar surface area (TPSA) is 143 Å². The Bertz CT molecular complexity index is 1010. The lowest BCUT2D eigenvalue weighted by atomic mass is 9.95. The van der Waals surface area contributed by atoms with E-state index in [0.717, 1.165) is 25.7 Å². The van der Waals surface area contributed by atoms with Gasteiger partial charge in [-0.2, -0.15) is 10.1 Å². The number of aromatic nitrogens is 5. The van der Waals surface area contributed by atoms with E-state index in [1.807, 2.05) is 0 Å². The highest BCUT2D eigenvalue weighted by molar-refractivity contribution is 5.95. The molecule has 0 spiro atoms. The maximum Gasteiger partial charge on any atom is 0.347 e. The largest absolute Gasteiger partial charge is 0.506 e. The number of carbonyl (C=O) groups excluding carboxylic acids is 1. The fourth-order valence-electron chi connectivity index (χ4n) is 3.93. The highest BCUT2D eigenvalue weighted by Crippen LogP contribution is 2.37. The Morgan fingerprint density at radius 3 is 2.92 bits per heavy atom. The van der Waals surface area contributed by atoms with Crippen LogP contribution >= 0.6 is 0 Å². The molecule has 26 heavy (non-hydrogen) atoms. The van der Waals surface area contributed by atoms with Crippen LogP contribution in [0.2, 0.25) is 0 Å². The molecule has 0 radical (unpaired) electrons. The molecule has 9 heteroatoms. The molecule has 3 aromatic heterocycles. The first kappa shape index (κ1) is 16.4. The van der Waals surface area contributed by atoms with Crippen molar-refractivity contribution in [3.05, 3.63) is 29.1 Å². The first-order valence-corrected chi connectivity index (χ1v) is 8.66. The van der Waals surface area contributed by atoms with Crippen molar-refractivity contribution in [2.75, 3.05) is 0 Å². The summed E-state index contributed by atoms with van der Waals surface area (Å²) in [5, 5.41) is 14.9. The van der Waals surface area contributed by atoms with Crippen LogP contribution in [0.15, 0.2) is 23.4 Å². The fourth-order valence-corrected chi connectivity index (χ4v) is 3.93. The molecule has 4 rings (SSSR count). The zero-order valence-corrected chi connectivity index (χ0v) is 14.1. The number of primary amides is 1. The minimum atomic E-state index is -0.522. The standard InChI is InChI=1S/C17H20N6O3/c18-13(25)5-11(9-3-1-2-4-9)23-8-10(6-20-23)15-14-12(24)7-19-16(14)22-17(26)21-15/h6-9,11,24H,1-5H2,(H2,18,25)(H2,19,21,22,26)/t11-/m1/s1. The van der Waals surface area contributed by atoms with Gasteiger partial charge in [0.1, 0.15) is 11.4 Å². The smallest absolute Gasteiger partial charge is 0.347 e. The van der Waals surface area contributed by atoms with Gasteiger partial charge in [-0.1, -0.05) is 12.8 Å². The van der Waals surface area contributed by atoms with Crippen LogP contribution in [-0.4, -0.2) is 35.7 Å². The number of carbonyl (C=O) groups is 1. The van der Waals surface area contributed by atoms with E-state index in [0.29, 0.717) is 28.2 Å². The summed E-state index contributed by atoms with van der Waals surface area (Å²) in [7, 11) is 0. The van der Waals surface area contributed by atoms with Gasteiger partial charge in [0.25, 0.3) is 0 Å². The molecule has 1 amide bonds. The molecule has 1 aliphatic rings. The molecule has 3 aromatic rings. The van der Waals surface area contributed by atoms with Crippen molar-refractivity contribution in [1.29, 1.82) is 0 Å². The number of amides is 1. The lowest BCUT2D eigenvalue weighted by Crippen LogP contribution is -2.24. The van der Waals surface area contributed by atoms with Crippen molar-refractivity contribution in [1.82, 2.24) is 24.7 Å². The second kappa shape index (κ2) is 6.32. The van der Waals surface area contributed by atoms with Crippen LogP contribution in [0.1, 0.15) is 38.1 Å². The maximum atomic E-state index is 11.8. The fraction of sp³-hybridized carbons (Fsp3) is 0.412. The summed E-state index contributed by atoms with van der Waals surface area (Å²) < 4.78 is 1.75. The number of nitrogens with zero attached hydrogens (tertiary/aromatic N) is 3. The zero-order chi connectivity index (χ0) is 18.3. The number of nitrogens with two attached hydrogens (primary N) is 1. The van der Waals surface area contributed by atoms with E-state index >= 15 is 0 Å². The molecule has 5 N–H and O–H groups in total. The molecule has 1 saturated carbocycles. The molecule has 1 fully saturated rings. The van der Waals surface area contributed by atoms with Gasteiger partial charge < -0.3 is 20.8 Å². The quantitative estimate of drug-likeness (QED) is 0.547. The average molecular weight is 356 g/mol. The molecule has 1 aliphatic carbocycles. The molecule has 0 saturated heterocycles. The van der Waals surface area contributed by atoms with Gasteiger partial charge in [-0.25, -0.2) is 4.79 Å². The molecule has 3 heterocycles. The van der Waals surface area contributed by atoms with Crippen molar-refractivity contribution >= 4 is 16.9 Å². The minimum absolute atomic E-state index is 0.00372. The number of rotatable bonds is 5. The third kappa shape index (κ3) is 2.85. The number of aromatic amines is 2. The second-order valence-electron chi connectivity index (χ2n) is 6.81. The third-order valence-electron chi connectivity index (χ3n) is 5.12. The summed E-state index contributed by atoms with van der Waals surface area (Å²) in [5.41, 5.74) is 6.30. The summed E-state index contributed by atoms with van der Waals surface area (Å²) >= 11 is 0. The minimum Gasteiger partial charge on any atom is -0.506 e. The maximum absolute atomic E-state index is 11.8. The average Bonchev–Trinajstić information content (AvgIpc) is 3.33.